The van der Waals surface area contributed by atoms with Crippen LogP contribution >= 0.6 is 11.6 Å². The van der Waals surface area contributed by atoms with E-state index in [1.807, 2.05) is 0 Å². The summed E-state index contributed by atoms with van der Waals surface area (Å²) < 4.78 is 4.17. The zero-order valence-electron chi connectivity index (χ0n) is 9.11. The van der Waals surface area contributed by atoms with E-state index >= 15 is 0 Å². The molecule has 5 nitrogen and oxygen atoms in total. The van der Waals surface area contributed by atoms with Crippen LogP contribution in [0.3, 0.4) is 0 Å². The van der Waals surface area contributed by atoms with Crippen molar-refractivity contribution in [1.82, 2.24) is 5.32 Å². The Morgan fingerprint density at radius 3 is 1.94 bits per heavy atom. The summed E-state index contributed by atoms with van der Waals surface area (Å²) in [6.07, 6.45) is 2.19. The maximum absolute atomic E-state index is 10.0. The van der Waals surface area contributed by atoms with E-state index in [0.29, 0.717) is 0 Å². The van der Waals surface area contributed by atoms with Crippen LogP contribution in [0.25, 0.3) is 0 Å². The van der Waals surface area contributed by atoms with Gasteiger partial charge in [-0.05, 0) is 11.6 Å². The van der Waals surface area contributed by atoms with Gasteiger partial charge in [0.05, 0.1) is 6.26 Å². The third kappa shape index (κ3) is 39.3. The number of nitrogens with one attached hydrogen (secondary N) is 1. The molecule has 2 N–H and O–H groups in total. The van der Waals surface area contributed by atoms with Crippen LogP contribution in [0.1, 0.15) is 6.92 Å². The van der Waals surface area contributed by atoms with Crippen molar-refractivity contribution in [3.8, 4) is 0 Å². The third-order valence-electron chi connectivity index (χ3n) is 0.688. The van der Waals surface area contributed by atoms with Gasteiger partial charge >= 0.3 is 5.97 Å². The largest absolute Gasteiger partial charge is 0.435 e. The van der Waals surface area contributed by atoms with Gasteiger partial charge < -0.3 is 15.2 Å². The number of amides is 1. The summed E-state index contributed by atoms with van der Waals surface area (Å²) in [5.41, 5.74) is 1.22. The molecule has 0 saturated heterocycles. The lowest BCUT2D eigenvalue weighted by Gasteiger charge is -1.89. The number of hydrogen-bond donors (Lipinski definition) is 2. The predicted molar refractivity (Wildman–Crippen MR) is 63.4 cm³/mol. The van der Waals surface area contributed by atoms with Gasteiger partial charge in [-0.25, -0.2) is 0 Å². The van der Waals surface area contributed by atoms with E-state index in [2.05, 4.69) is 29.8 Å². The maximum Gasteiger partial charge on any atom is 0.307 e. The summed E-state index contributed by atoms with van der Waals surface area (Å²) >= 11 is 4.76. The number of carbonyl (C=O) groups is 2. The molecule has 6 heteroatoms. The van der Waals surface area contributed by atoms with Gasteiger partial charge in [-0.3, -0.25) is 9.59 Å². The molecule has 0 aromatic carbocycles. The third-order valence-corrected chi connectivity index (χ3v) is 0.688. The first-order valence-corrected chi connectivity index (χ1v) is 4.44. The standard InChI is InChI=1S/C4H7NO2.C4H6O2.C2H3Cl/c1-2-4(7)5-3-6;1-3-6-4(2)5;1-2-3/h2,6H,1,3H2,(H,5,7);3H,1H2,2H3;2H,1H2. The number of ether oxygens (including phenoxy) is 1. The Kier molecular flexibility index (Phi) is 23.7. The molecule has 1 amide bonds. The van der Waals surface area contributed by atoms with Crippen molar-refractivity contribution in [2.45, 2.75) is 6.92 Å². The molecule has 0 heterocycles. The highest BCUT2D eigenvalue weighted by Crippen LogP contribution is 1.70. The second-order valence-electron chi connectivity index (χ2n) is 1.83. The van der Waals surface area contributed by atoms with Gasteiger partial charge in [-0.2, -0.15) is 0 Å². The minimum atomic E-state index is -0.359. The second kappa shape index (κ2) is 19.1. The number of carbonyl (C=O) groups excluding carboxylic acids is 2. The summed E-state index contributed by atoms with van der Waals surface area (Å²) in [6, 6.07) is 0. The topological polar surface area (TPSA) is 75.6 Å². The van der Waals surface area contributed by atoms with Gasteiger partial charge in [0.1, 0.15) is 6.73 Å². The quantitative estimate of drug-likeness (QED) is 0.342. The molecule has 0 rings (SSSR count). The van der Waals surface area contributed by atoms with Gasteiger partial charge in [0.15, 0.2) is 0 Å². The summed E-state index contributed by atoms with van der Waals surface area (Å²) in [5.74, 6) is -0.687. The van der Waals surface area contributed by atoms with Crippen molar-refractivity contribution >= 4 is 23.5 Å². The molecule has 0 radical (unpaired) electrons. The molecule has 92 valence electrons. The number of hydrogen-bond acceptors (Lipinski definition) is 4. The minimum Gasteiger partial charge on any atom is -0.435 e. The lowest BCUT2D eigenvalue weighted by atomic mass is 10.6. The SMILES string of the molecule is C=CC(=O)NCO.C=CCl.C=COC(C)=O. The second-order valence-corrected chi connectivity index (χ2v) is 2.14. The summed E-state index contributed by atoms with van der Waals surface area (Å²) in [7, 11) is 0. The van der Waals surface area contributed by atoms with Gasteiger partial charge in [-0.1, -0.05) is 31.3 Å². The first-order chi connectivity index (χ1) is 7.49. The molecule has 0 aromatic heterocycles. The zero-order valence-corrected chi connectivity index (χ0v) is 9.87. The zero-order chi connectivity index (χ0) is 13.4. The highest BCUT2D eigenvalue weighted by molar-refractivity contribution is 6.25. The van der Waals surface area contributed by atoms with E-state index in [9.17, 15) is 9.59 Å². The molecule has 0 unspecified atom stereocenters. The number of rotatable bonds is 3. The van der Waals surface area contributed by atoms with Crippen molar-refractivity contribution in [3.63, 3.8) is 0 Å². The van der Waals surface area contributed by atoms with E-state index in [-0.39, 0.29) is 18.6 Å². The smallest absolute Gasteiger partial charge is 0.307 e. The van der Waals surface area contributed by atoms with Crippen molar-refractivity contribution in [3.05, 3.63) is 37.6 Å². The molecule has 0 saturated carbocycles. The molecule has 0 atom stereocenters. The van der Waals surface area contributed by atoms with E-state index in [1.54, 1.807) is 0 Å². The van der Waals surface area contributed by atoms with Crippen molar-refractivity contribution in [1.29, 1.82) is 0 Å². The van der Waals surface area contributed by atoms with E-state index in [4.69, 9.17) is 16.7 Å². The highest BCUT2D eigenvalue weighted by atomic mass is 35.5. The Morgan fingerprint density at radius 1 is 1.44 bits per heavy atom. The Hall–Kier alpha value is -1.59. The number of halogens is 1. The molecular weight excluding hydrogens is 234 g/mol. The lowest BCUT2D eigenvalue weighted by Crippen LogP contribution is -2.20. The first-order valence-electron chi connectivity index (χ1n) is 4.00. The summed E-state index contributed by atoms with van der Waals surface area (Å²) in [5, 5.41) is 10.1. The molecule has 0 bridgehead atoms. The van der Waals surface area contributed by atoms with Crippen LogP contribution in [-0.2, 0) is 14.3 Å². The van der Waals surface area contributed by atoms with Crippen LogP contribution in [0.4, 0.5) is 0 Å². The number of esters is 1. The fourth-order valence-corrected chi connectivity index (χ4v) is 0.267. The van der Waals surface area contributed by atoms with Crippen molar-refractivity contribution < 1.29 is 19.4 Å². The fraction of sp³-hybridized carbons (Fsp3) is 0.200. The van der Waals surface area contributed by atoms with Crippen LogP contribution in [0, 0.1) is 0 Å². The van der Waals surface area contributed by atoms with Gasteiger partial charge in [0, 0.05) is 6.92 Å². The first kappa shape index (κ1) is 19.9. The molecule has 0 aromatic rings. The Morgan fingerprint density at radius 2 is 1.88 bits per heavy atom. The van der Waals surface area contributed by atoms with Crippen LogP contribution < -0.4 is 5.32 Å². The summed E-state index contributed by atoms with van der Waals surface area (Å²) in [4.78, 5) is 19.8. The predicted octanol–water partition coefficient (Wildman–Crippen LogP) is 1.30. The molecule has 0 aliphatic carbocycles. The maximum atomic E-state index is 10.0. The van der Waals surface area contributed by atoms with Crippen LogP contribution in [0.5, 0.6) is 0 Å². The van der Waals surface area contributed by atoms with E-state index in [1.165, 1.54) is 12.5 Å². The van der Waals surface area contributed by atoms with Crippen LogP contribution in [0.15, 0.2) is 37.6 Å². The minimum absolute atomic E-state index is 0.329. The van der Waals surface area contributed by atoms with Crippen molar-refractivity contribution in [2.75, 3.05) is 6.73 Å². The van der Waals surface area contributed by atoms with E-state index < -0.39 is 0 Å². The van der Waals surface area contributed by atoms with Crippen LogP contribution in [-0.4, -0.2) is 23.7 Å². The highest BCUT2D eigenvalue weighted by Gasteiger charge is 1.84. The summed E-state index contributed by atoms with van der Waals surface area (Å²) in [6.45, 7) is 10.4. The number of aliphatic hydroxyl groups is 1. The van der Waals surface area contributed by atoms with E-state index in [0.717, 1.165) is 12.3 Å². The molecule has 0 aliphatic heterocycles. The molecule has 16 heavy (non-hydrogen) atoms. The average molecular weight is 250 g/mol. The van der Waals surface area contributed by atoms with Gasteiger partial charge in [0.2, 0.25) is 5.91 Å². The molecule has 0 spiro atoms. The molecular formula is C10H16ClNO4. The average Bonchev–Trinajstić information content (AvgIpc) is 2.20. The monoisotopic (exact) mass is 249 g/mol. The molecule has 0 fully saturated rings. The number of aliphatic hydroxyl groups excluding tert-OH is 1. The van der Waals surface area contributed by atoms with Crippen LogP contribution in [0.2, 0.25) is 0 Å². The Bertz CT molecular complexity index is 229. The van der Waals surface area contributed by atoms with Crippen molar-refractivity contribution in [2.24, 2.45) is 0 Å². The Labute approximate surface area is 100 Å². The fourth-order valence-electron chi connectivity index (χ4n) is 0.267. The van der Waals surface area contributed by atoms with Gasteiger partial charge in [-0.15, -0.1) is 0 Å². The lowest BCUT2D eigenvalue weighted by molar-refractivity contribution is -0.135. The Balaban J connectivity index is -0.000000172. The molecule has 0 aliphatic rings. The normalized spacial score (nSPS) is 6.69. The van der Waals surface area contributed by atoms with Gasteiger partial charge in [0.25, 0.3) is 0 Å².